The van der Waals surface area contributed by atoms with Crippen LogP contribution in [0.1, 0.15) is 33.2 Å². The lowest BCUT2D eigenvalue weighted by atomic mass is 9.98. The second-order valence-electron chi connectivity index (χ2n) is 8.35. The highest BCUT2D eigenvalue weighted by Crippen LogP contribution is 2.43. The minimum absolute atomic E-state index is 0.0564. The molecule has 2 heterocycles. The minimum Gasteiger partial charge on any atom is -0.497 e. The molecule has 34 heavy (non-hydrogen) atoms. The maximum atomic E-state index is 13.6. The van der Waals surface area contributed by atoms with Gasteiger partial charge in [-0.15, -0.1) is 0 Å². The molecule has 1 aromatic heterocycles. The van der Waals surface area contributed by atoms with Gasteiger partial charge in [-0.25, -0.2) is 0 Å². The Morgan fingerprint density at radius 2 is 1.82 bits per heavy atom. The predicted molar refractivity (Wildman–Crippen MR) is 132 cm³/mol. The second kappa shape index (κ2) is 8.88. The molecule has 0 aliphatic carbocycles. The van der Waals surface area contributed by atoms with E-state index < -0.39 is 0 Å². The number of carbonyl (C=O) groups excluding carboxylic acids is 2. The molecule has 1 aliphatic heterocycles. The van der Waals surface area contributed by atoms with Crippen LogP contribution in [0.3, 0.4) is 0 Å². The monoisotopic (exact) mass is 473 g/mol. The first-order valence-corrected chi connectivity index (χ1v) is 11.4. The number of rotatable bonds is 6. The van der Waals surface area contributed by atoms with E-state index in [4.69, 9.17) is 16.3 Å². The van der Waals surface area contributed by atoms with Crippen molar-refractivity contribution in [2.45, 2.75) is 12.6 Å². The Balaban J connectivity index is 1.49. The second-order valence-corrected chi connectivity index (χ2v) is 8.79. The summed E-state index contributed by atoms with van der Waals surface area (Å²) < 4.78 is 7.24. The number of fused-ring (bicyclic) bond motifs is 3. The van der Waals surface area contributed by atoms with Crippen LogP contribution in [0.15, 0.2) is 72.8 Å². The van der Waals surface area contributed by atoms with Gasteiger partial charge in [-0.2, -0.15) is 0 Å². The molecule has 172 valence electrons. The van der Waals surface area contributed by atoms with Gasteiger partial charge in [-0.3, -0.25) is 9.59 Å². The molecule has 0 unspecified atom stereocenters. The third kappa shape index (κ3) is 3.80. The van der Waals surface area contributed by atoms with Gasteiger partial charge in [0.25, 0.3) is 5.91 Å². The smallest absolute Gasteiger partial charge is 0.272 e. The van der Waals surface area contributed by atoms with E-state index in [1.165, 1.54) is 0 Å². The van der Waals surface area contributed by atoms with Gasteiger partial charge in [0.15, 0.2) is 0 Å². The number of hydrogen-bond acceptors (Lipinski definition) is 3. The highest BCUT2D eigenvalue weighted by Gasteiger charge is 2.42. The third-order valence-corrected chi connectivity index (χ3v) is 6.55. The van der Waals surface area contributed by atoms with E-state index in [0.29, 0.717) is 17.3 Å². The Morgan fingerprint density at radius 1 is 1.06 bits per heavy atom. The minimum atomic E-state index is -0.378. The van der Waals surface area contributed by atoms with Gasteiger partial charge in [-0.05, 0) is 41.5 Å². The molecular formula is C27H24ClN3O3. The number of nitrogens with one attached hydrogen (secondary N) is 1. The summed E-state index contributed by atoms with van der Waals surface area (Å²) in [6.45, 7) is 0.281. The molecule has 4 aromatic rings. The van der Waals surface area contributed by atoms with Crippen molar-refractivity contribution in [3.63, 3.8) is 0 Å². The normalized spacial score (nSPS) is 15.0. The number of aromatic nitrogens is 1. The van der Waals surface area contributed by atoms with Crippen molar-refractivity contribution in [2.75, 3.05) is 13.7 Å². The van der Waals surface area contributed by atoms with Gasteiger partial charge in [-0.1, -0.05) is 54.1 Å². The Labute approximate surface area is 202 Å². The molecule has 2 amide bonds. The molecule has 0 bridgehead atoms. The van der Waals surface area contributed by atoms with E-state index in [1.807, 2.05) is 78.3 Å². The van der Waals surface area contributed by atoms with Crippen LogP contribution in [-0.2, 0) is 18.4 Å². The van der Waals surface area contributed by atoms with Crippen molar-refractivity contribution < 1.29 is 14.3 Å². The molecular weight excluding hydrogens is 450 g/mol. The first-order chi connectivity index (χ1) is 16.5. The quantitative estimate of drug-likeness (QED) is 0.441. The van der Waals surface area contributed by atoms with Gasteiger partial charge in [0.1, 0.15) is 18.0 Å². The lowest BCUT2D eigenvalue weighted by Gasteiger charge is -2.26. The van der Waals surface area contributed by atoms with Gasteiger partial charge < -0.3 is 19.5 Å². The molecule has 0 saturated carbocycles. The molecule has 1 atom stereocenters. The highest BCUT2D eigenvalue weighted by molar-refractivity contribution is 6.30. The van der Waals surface area contributed by atoms with Crippen molar-refractivity contribution in [1.29, 1.82) is 0 Å². The molecule has 0 saturated heterocycles. The average molecular weight is 474 g/mol. The van der Waals surface area contributed by atoms with Crippen molar-refractivity contribution >= 4 is 34.3 Å². The van der Waals surface area contributed by atoms with Gasteiger partial charge in [0.05, 0.1) is 13.2 Å². The molecule has 3 aromatic carbocycles. The number of carbonyl (C=O) groups is 2. The average Bonchev–Trinajstić information content (AvgIpc) is 3.30. The number of amides is 2. The molecule has 0 radical (unpaired) electrons. The van der Waals surface area contributed by atoms with Crippen LogP contribution in [0.4, 0.5) is 0 Å². The fraction of sp³-hybridized carbons (Fsp3) is 0.185. The van der Waals surface area contributed by atoms with Crippen LogP contribution in [0.5, 0.6) is 5.75 Å². The number of methoxy groups -OCH3 is 1. The molecule has 0 fully saturated rings. The van der Waals surface area contributed by atoms with E-state index in [9.17, 15) is 9.59 Å². The maximum Gasteiger partial charge on any atom is 0.272 e. The molecule has 6 nitrogen and oxygen atoms in total. The summed E-state index contributed by atoms with van der Waals surface area (Å²) in [6.07, 6.45) is 0. The van der Waals surface area contributed by atoms with Crippen LogP contribution in [0, 0.1) is 0 Å². The van der Waals surface area contributed by atoms with E-state index in [0.717, 1.165) is 33.3 Å². The lowest BCUT2D eigenvalue weighted by Crippen LogP contribution is -2.39. The predicted octanol–water partition coefficient (Wildman–Crippen LogP) is 4.70. The Hall–Kier alpha value is -3.77. The largest absolute Gasteiger partial charge is 0.497 e. The van der Waals surface area contributed by atoms with Crippen molar-refractivity contribution in [1.82, 2.24) is 14.8 Å². The number of para-hydroxylation sites is 1. The first-order valence-electron chi connectivity index (χ1n) is 11.0. The van der Waals surface area contributed by atoms with E-state index >= 15 is 0 Å². The zero-order chi connectivity index (χ0) is 23.8. The summed E-state index contributed by atoms with van der Waals surface area (Å²) in [5.74, 6) is 0.341. The van der Waals surface area contributed by atoms with Crippen LogP contribution in [0.2, 0.25) is 5.02 Å². The first kappa shape index (κ1) is 22.0. The van der Waals surface area contributed by atoms with Crippen LogP contribution in [-0.4, -0.2) is 34.9 Å². The summed E-state index contributed by atoms with van der Waals surface area (Å²) in [4.78, 5) is 28.2. The lowest BCUT2D eigenvalue weighted by molar-refractivity contribution is -0.122. The van der Waals surface area contributed by atoms with Crippen LogP contribution < -0.4 is 10.1 Å². The number of nitrogens with zero attached hydrogens (tertiary/aromatic N) is 2. The summed E-state index contributed by atoms with van der Waals surface area (Å²) in [7, 11) is 3.51. The summed E-state index contributed by atoms with van der Waals surface area (Å²) >= 11 is 6.05. The topological polar surface area (TPSA) is 63.6 Å². The summed E-state index contributed by atoms with van der Waals surface area (Å²) in [5.41, 5.74) is 4.35. The van der Waals surface area contributed by atoms with Gasteiger partial charge in [0.2, 0.25) is 5.91 Å². The number of aryl methyl sites for hydroxylation is 1. The van der Waals surface area contributed by atoms with Crippen molar-refractivity contribution in [3.8, 4) is 5.75 Å². The maximum absolute atomic E-state index is 13.6. The van der Waals surface area contributed by atoms with E-state index in [1.54, 1.807) is 18.1 Å². The van der Waals surface area contributed by atoms with Gasteiger partial charge in [0, 0.05) is 35.1 Å². The Morgan fingerprint density at radius 3 is 2.56 bits per heavy atom. The molecule has 7 heteroatoms. The standard InChI is InChI=1S/C27H24ClN3O3/c1-30-22-9-4-3-8-21(22)24-25(18-10-12-20(34-2)13-11-18)31(27(33)26(24)30)16-23(32)29-15-17-6-5-7-19(28)14-17/h3-14,25H,15-16H2,1-2H3,(H,29,32)/t25-/m0/s1. The van der Waals surface area contributed by atoms with Crippen LogP contribution in [0.25, 0.3) is 10.9 Å². The molecule has 0 spiro atoms. The van der Waals surface area contributed by atoms with Crippen molar-refractivity contribution in [3.05, 3.63) is 100 Å². The zero-order valence-corrected chi connectivity index (χ0v) is 19.7. The molecule has 5 rings (SSSR count). The van der Waals surface area contributed by atoms with Crippen molar-refractivity contribution in [2.24, 2.45) is 7.05 Å². The van der Waals surface area contributed by atoms with Gasteiger partial charge >= 0.3 is 0 Å². The third-order valence-electron chi connectivity index (χ3n) is 6.32. The number of benzene rings is 3. The summed E-state index contributed by atoms with van der Waals surface area (Å²) in [5, 5.41) is 4.54. The van der Waals surface area contributed by atoms with E-state index in [2.05, 4.69) is 5.32 Å². The zero-order valence-electron chi connectivity index (χ0n) is 18.9. The number of ether oxygens (including phenoxy) is 1. The SMILES string of the molecule is COc1ccc([C@H]2c3c(n(C)c4ccccc34)C(=O)N2CC(=O)NCc2cccc(Cl)c2)cc1. The van der Waals surface area contributed by atoms with Crippen LogP contribution >= 0.6 is 11.6 Å². The molecule has 1 N–H and O–H groups in total. The number of hydrogen-bond donors (Lipinski definition) is 1. The number of halogens is 1. The molecule has 1 aliphatic rings. The fourth-order valence-corrected chi connectivity index (χ4v) is 4.93. The van der Waals surface area contributed by atoms with E-state index in [-0.39, 0.29) is 24.4 Å². The Kier molecular flexibility index (Phi) is 5.75. The fourth-order valence-electron chi connectivity index (χ4n) is 4.72. The Bertz CT molecular complexity index is 1390. The highest BCUT2D eigenvalue weighted by atomic mass is 35.5. The summed E-state index contributed by atoms with van der Waals surface area (Å²) in [6, 6.07) is 22.6.